The molecular weight excluding hydrogens is 472 g/mol. The zero-order valence-electron chi connectivity index (χ0n) is 21.9. The number of benzene rings is 2. The third-order valence-electron chi connectivity index (χ3n) is 7.76. The molecule has 2 aliphatic heterocycles. The summed E-state index contributed by atoms with van der Waals surface area (Å²) in [4.78, 5) is 32.8. The summed E-state index contributed by atoms with van der Waals surface area (Å²) in [5, 5.41) is 0.671. The maximum atomic E-state index is 13.9. The number of amides is 2. The normalized spacial score (nSPS) is 21.2. The Morgan fingerprint density at radius 2 is 1.69 bits per heavy atom. The van der Waals surface area contributed by atoms with Gasteiger partial charge in [-0.2, -0.15) is 0 Å². The highest BCUT2D eigenvalue weighted by Gasteiger charge is 2.44. The van der Waals surface area contributed by atoms with Crippen LogP contribution >= 0.6 is 11.6 Å². The number of likely N-dealkylation sites (tertiary alicyclic amines) is 1. The highest BCUT2D eigenvalue weighted by molar-refractivity contribution is 6.30. The lowest BCUT2D eigenvalue weighted by atomic mass is 9.90. The van der Waals surface area contributed by atoms with Crippen molar-refractivity contribution in [3.8, 4) is 0 Å². The maximum absolute atomic E-state index is 13.9. The van der Waals surface area contributed by atoms with Crippen LogP contribution in [0.3, 0.4) is 0 Å². The van der Waals surface area contributed by atoms with Crippen LogP contribution in [0.15, 0.2) is 42.5 Å². The number of aryl methyl sites for hydroxylation is 1. The van der Waals surface area contributed by atoms with Gasteiger partial charge >= 0.3 is 0 Å². The summed E-state index contributed by atoms with van der Waals surface area (Å²) in [6.07, 6.45) is 1.18. The van der Waals surface area contributed by atoms with Crippen molar-refractivity contribution in [1.29, 1.82) is 0 Å². The van der Waals surface area contributed by atoms with Crippen molar-refractivity contribution in [3.05, 3.63) is 64.2 Å². The fourth-order valence-corrected chi connectivity index (χ4v) is 5.71. The smallest absolute Gasteiger partial charge is 0.246 e. The van der Waals surface area contributed by atoms with E-state index in [9.17, 15) is 9.59 Å². The lowest BCUT2D eigenvalue weighted by molar-refractivity contribution is -0.144. The Labute approximate surface area is 220 Å². The zero-order chi connectivity index (χ0) is 26.0. The second-order valence-electron chi connectivity index (χ2n) is 10.5. The maximum Gasteiger partial charge on any atom is 0.246 e. The predicted molar refractivity (Wildman–Crippen MR) is 146 cm³/mol. The molecular formula is C29H39ClN4O2. The minimum Gasteiger partial charge on any atom is -0.368 e. The molecule has 0 spiro atoms. The third-order valence-corrected chi connectivity index (χ3v) is 8.02. The van der Waals surface area contributed by atoms with Crippen molar-refractivity contribution in [2.24, 2.45) is 11.7 Å². The predicted octanol–water partition coefficient (Wildman–Crippen LogP) is 4.75. The molecule has 2 saturated heterocycles. The van der Waals surface area contributed by atoms with Crippen LogP contribution in [-0.2, 0) is 9.59 Å². The summed E-state index contributed by atoms with van der Waals surface area (Å²) in [6, 6.07) is 13.7. The molecule has 2 aliphatic rings. The average Bonchev–Trinajstić information content (AvgIpc) is 3.33. The van der Waals surface area contributed by atoms with Crippen LogP contribution in [0.25, 0.3) is 0 Å². The SMILES string of the molecule is CCC(=O)N1CC[C@H](c2ccc(Cl)cc2)[C@H]1C(=O)N1CCN(c2ccc(C)cc2[C@@H](N)C(C)C)CC1. The topological polar surface area (TPSA) is 69.9 Å². The molecule has 194 valence electrons. The summed E-state index contributed by atoms with van der Waals surface area (Å²) < 4.78 is 0. The van der Waals surface area contributed by atoms with E-state index in [-0.39, 0.29) is 23.8 Å². The zero-order valence-corrected chi connectivity index (χ0v) is 22.7. The molecule has 2 heterocycles. The molecule has 36 heavy (non-hydrogen) atoms. The van der Waals surface area contributed by atoms with Gasteiger partial charge in [0.15, 0.2) is 0 Å². The fraction of sp³-hybridized carbons (Fsp3) is 0.517. The molecule has 2 N–H and O–H groups in total. The highest BCUT2D eigenvalue weighted by Crippen LogP contribution is 2.36. The number of piperazine rings is 1. The van der Waals surface area contributed by atoms with E-state index in [1.807, 2.05) is 36.1 Å². The monoisotopic (exact) mass is 510 g/mol. The van der Waals surface area contributed by atoms with Gasteiger partial charge in [-0.3, -0.25) is 9.59 Å². The number of carbonyl (C=O) groups is 2. The van der Waals surface area contributed by atoms with Crippen molar-refractivity contribution in [2.45, 2.75) is 58.5 Å². The third kappa shape index (κ3) is 5.40. The molecule has 2 amide bonds. The Kier molecular flexibility index (Phi) is 8.26. The molecule has 0 saturated carbocycles. The minimum absolute atomic E-state index is 0.0176. The standard InChI is InChI=1S/C29H39ClN4O2/c1-5-26(35)34-13-12-23(21-7-9-22(30)10-8-21)28(34)29(36)33-16-14-32(15-17-33)25-11-6-20(4)18-24(25)27(31)19(2)3/h6-11,18-19,23,27-28H,5,12-17,31H2,1-4H3/t23-,27+,28+/m1/s1. The first-order chi connectivity index (χ1) is 17.2. The number of rotatable bonds is 6. The number of nitrogens with two attached hydrogens (primary N) is 1. The second-order valence-corrected chi connectivity index (χ2v) is 10.9. The number of carbonyl (C=O) groups excluding carboxylic acids is 2. The Morgan fingerprint density at radius 1 is 1.03 bits per heavy atom. The van der Waals surface area contributed by atoms with Crippen molar-refractivity contribution < 1.29 is 9.59 Å². The van der Waals surface area contributed by atoms with Crippen LogP contribution in [-0.4, -0.2) is 60.4 Å². The first-order valence-corrected chi connectivity index (χ1v) is 13.5. The van der Waals surface area contributed by atoms with E-state index >= 15 is 0 Å². The van der Waals surface area contributed by atoms with E-state index in [0.717, 1.165) is 30.8 Å². The first-order valence-electron chi connectivity index (χ1n) is 13.2. The Morgan fingerprint density at radius 3 is 2.31 bits per heavy atom. The second kappa shape index (κ2) is 11.2. The summed E-state index contributed by atoms with van der Waals surface area (Å²) in [5.41, 5.74) is 11.2. The van der Waals surface area contributed by atoms with E-state index in [2.05, 4.69) is 43.9 Å². The molecule has 0 aliphatic carbocycles. The van der Waals surface area contributed by atoms with Gasteiger partial charge in [0.05, 0.1) is 0 Å². The highest BCUT2D eigenvalue weighted by atomic mass is 35.5. The average molecular weight is 511 g/mol. The lowest BCUT2D eigenvalue weighted by Gasteiger charge is -2.40. The van der Waals surface area contributed by atoms with Crippen LogP contribution in [0.1, 0.15) is 62.3 Å². The summed E-state index contributed by atoms with van der Waals surface area (Å²) >= 11 is 6.11. The van der Waals surface area contributed by atoms with Crippen molar-refractivity contribution in [3.63, 3.8) is 0 Å². The fourth-order valence-electron chi connectivity index (χ4n) is 5.58. The molecule has 2 aromatic rings. The minimum atomic E-state index is -0.463. The van der Waals surface area contributed by atoms with Gasteiger partial charge in [-0.15, -0.1) is 0 Å². The molecule has 0 unspecified atom stereocenters. The van der Waals surface area contributed by atoms with Gasteiger partial charge in [-0.25, -0.2) is 0 Å². The van der Waals surface area contributed by atoms with Gasteiger partial charge in [0.2, 0.25) is 11.8 Å². The van der Waals surface area contributed by atoms with E-state index in [0.29, 0.717) is 37.0 Å². The van der Waals surface area contributed by atoms with E-state index < -0.39 is 6.04 Å². The van der Waals surface area contributed by atoms with Gasteiger partial charge in [-0.05, 0) is 48.6 Å². The molecule has 2 fully saturated rings. The molecule has 7 heteroatoms. The summed E-state index contributed by atoms with van der Waals surface area (Å²) in [6.45, 7) is 11.6. The number of nitrogens with zero attached hydrogens (tertiary/aromatic N) is 3. The van der Waals surface area contributed by atoms with Gasteiger partial charge in [0, 0.05) is 61.8 Å². The van der Waals surface area contributed by atoms with Gasteiger partial charge < -0.3 is 20.4 Å². The largest absolute Gasteiger partial charge is 0.368 e. The summed E-state index contributed by atoms with van der Waals surface area (Å²) in [5.74, 6) is 0.408. The molecule has 4 rings (SSSR count). The molecule has 3 atom stereocenters. The van der Waals surface area contributed by atoms with Crippen molar-refractivity contribution in [1.82, 2.24) is 9.80 Å². The van der Waals surface area contributed by atoms with Gasteiger partial charge in [0.1, 0.15) is 6.04 Å². The number of hydrogen-bond acceptors (Lipinski definition) is 4. The van der Waals surface area contributed by atoms with Crippen LogP contribution in [0.5, 0.6) is 0 Å². The van der Waals surface area contributed by atoms with Crippen molar-refractivity contribution >= 4 is 29.1 Å². The van der Waals surface area contributed by atoms with Crippen LogP contribution in [0, 0.1) is 12.8 Å². The van der Waals surface area contributed by atoms with E-state index in [1.54, 1.807) is 4.90 Å². The van der Waals surface area contributed by atoms with Gasteiger partial charge in [0.25, 0.3) is 0 Å². The molecule has 2 aromatic carbocycles. The van der Waals surface area contributed by atoms with Crippen molar-refractivity contribution in [2.75, 3.05) is 37.6 Å². The Balaban J connectivity index is 1.52. The Hall–Kier alpha value is -2.57. The number of anilines is 1. The van der Waals surface area contributed by atoms with Crippen LogP contribution < -0.4 is 10.6 Å². The molecule has 6 nitrogen and oxygen atoms in total. The molecule has 0 aromatic heterocycles. The lowest BCUT2D eigenvalue weighted by Crippen LogP contribution is -2.55. The van der Waals surface area contributed by atoms with E-state index in [1.165, 1.54) is 11.1 Å². The molecule has 0 bridgehead atoms. The quantitative estimate of drug-likeness (QED) is 0.609. The Bertz CT molecular complexity index is 1080. The number of halogens is 1. The first kappa shape index (κ1) is 26.5. The molecule has 0 radical (unpaired) electrons. The van der Waals surface area contributed by atoms with Crippen LogP contribution in [0.2, 0.25) is 5.02 Å². The van der Waals surface area contributed by atoms with Crippen LogP contribution in [0.4, 0.5) is 5.69 Å². The summed E-state index contributed by atoms with van der Waals surface area (Å²) in [7, 11) is 0. The van der Waals surface area contributed by atoms with Gasteiger partial charge in [-0.1, -0.05) is 62.2 Å². The number of hydrogen-bond donors (Lipinski definition) is 1. The van der Waals surface area contributed by atoms with E-state index in [4.69, 9.17) is 17.3 Å².